The Morgan fingerprint density at radius 1 is 1.11 bits per heavy atom. The number of aliphatic carboxylic acids is 1. The van der Waals surface area contributed by atoms with E-state index in [9.17, 15) is 19.1 Å². The second kappa shape index (κ2) is 9.59. The smallest absolute Gasteiger partial charge is 0.305 e. The van der Waals surface area contributed by atoms with Crippen LogP contribution in [0.25, 0.3) is 0 Å². The molecule has 0 spiro atoms. The summed E-state index contributed by atoms with van der Waals surface area (Å²) in [6.07, 6.45) is -1.30. The SMILES string of the molecule is COc1ccc(C(CC(=O)O)NC(=O)C(C)Oc2cccc(F)c2)cc1OC. The zero-order chi connectivity index (χ0) is 20.7. The number of benzene rings is 2. The van der Waals surface area contributed by atoms with Crippen LogP contribution in [0, 0.1) is 5.82 Å². The van der Waals surface area contributed by atoms with Gasteiger partial charge in [0.1, 0.15) is 11.6 Å². The van der Waals surface area contributed by atoms with Crippen LogP contribution in [0.2, 0.25) is 0 Å². The topological polar surface area (TPSA) is 94.1 Å². The Balaban J connectivity index is 2.16. The number of carboxylic acid groups (broad SMARTS) is 1. The van der Waals surface area contributed by atoms with Gasteiger partial charge >= 0.3 is 5.97 Å². The highest BCUT2D eigenvalue weighted by Crippen LogP contribution is 2.31. The summed E-state index contributed by atoms with van der Waals surface area (Å²) in [7, 11) is 2.95. The van der Waals surface area contributed by atoms with E-state index in [0.717, 1.165) is 6.07 Å². The first-order valence-corrected chi connectivity index (χ1v) is 8.50. The number of rotatable bonds is 9. The van der Waals surface area contributed by atoms with Gasteiger partial charge in [-0.3, -0.25) is 9.59 Å². The fourth-order valence-corrected chi connectivity index (χ4v) is 2.58. The summed E-state index contributed by atoms with van der Waals surface area (Å²) >= 11 is 0. The minimum atomic E-state index is -1.08. The van der Waals surface area contributed by atoms with Crippen LogP contribution in [0.5, 0.6) is 17.2 Å². The molecule has 0 bridgehead atoms. The van der Waals surface area contributed by atoms with Gasteiger partial charge in [-0.25, -0.2) is 4.39 Å². The summed E-state index contributed by atoms with van der Waals surface area (Å²) in [6, 6.07) is 9.47. The van der Waals surface area contributed by atoms with E-state index in [1.165, 1.54) is 39.3 Å². The van der Waals surface area contributed by atoms with Gasteiger partial charge in [0.15, 0.2) is 17.6 Å². The lowest BCUT2D eigenvalue weighted by molar-refractivity contribution is -0.138. The average Bonchev–Trinajstić information content (AvgIpc) is 2.66. The van der Waals surface area contributed by atoms with Crippen LogP contribution in [-0.4, -0.2) is 37.3 Å². The highest BCUT2D eigenvalue weighted by atomic mass is 19.1. The first-order chi connectivity index (χ1) is 13.3. The maximum atomic E-state index is 13.3. The minimum absolute atomic E-state index is 0.198. The molecular formula is C20H22FNO6. The molecule has 0 radical (unpaired) electrons. The van der Waals surface area contributed by atoms with Crippen LogP contribution in [0.3, 0.4) is 0 Å². The highest BCUT2D eigenvalue weighted by molar-refractivity contribution is 5.82. The Kier molecular flexibility index (Phi) is 7.20. The molecule has 0 saturated heterocycles. The van der Waals surface area contributed by atoms with E-state index in [2.05, 4.69) is 5.32 Å². The molecule has 0 aliphatic rings. The number of halogens is 1. The van der Waals surface area contributed by atoms with Gasteiger partial charge < -0.3 is 24.6 Å². The Labute approximate surface area is 162 Å². The number of methoxy groups -OCH3 is 2. The third kappa shape index (κ3) is 5.60. The van der Waals surface area contributed by atoms with Gasteiger partial charge in [-0.2, -0.15) is 0 Å². The molecule has 2 atom stereocenters. The minimum Gasteiger partial charge on any atom is -0.493 e. The molecule has 0 aromatic heterocycles. The molecule has 0 heterocycles. The predicted octanol–water partition coefficient (Wildman–Crippen LogP) is 2.94. The summed E-state index contributed by atoms with van der Waals surface area (Å²) in [5.74, 6) is -1.02. The van der Waals surface area contributed by atoms with Crippen molar-refractivity contribution in [3.63, 3.8) is 0 Å². The van der Waals surface area contributed by atoms with Crippen LogP contribution in [0.1, 0.15) is 24.9 Å². The molecule has 2 aromatic carbocycles. The van der Waals surface area contributed by atoms with Crippen molar-refractivity contribution in [1.82, 2.24) is 5.32 Å². The van der Waals surface area contributed by atoms with Gasteiger partial charge in [-0.1, -0.05) is 12.1 Å². The summed E-state index contributed by atoms with van der Waals surface area (Å²) in [6.45, 7) is 1.49. The molecule has 2 rings (SSSR count). The van der Waals surface area contributed by atoms with E-state index in [1.807, 2.05) is 0 Å². The molecule has 8 heteroatoms. The number of nitrogens with one attached hydrogen (secondary N) is 1. The van der Waals surface area contributed by atoms with Gasteiger partial charge in [0.25, 0.3) is 5.91 Å². The summed E-state index contributed by atoms with van der Waals surface area (Å²) in [5, 5.41) is 11.9. The van der Waals surface area contributed by atoms with Crippen molar-refractivity contribution in [2.75, 3.05) is 14.2 Å². The molecule has 0 saturated carbocycles. The van der Waals surface area contributed by atoms with Crippen LogP contribution >= 0.6 is 0 Å². The number of hydrogen-bond donors (Lipinski definition) is 2. The molecule has 0 aliphatic heterocycles. The fourth-order valence-electron chi connectivity index (χ4n) is 2.58. The third-order valence-electron chi connectivity index (χ3n) is 3.98. The number of carboxylic acids is 1. The molecule has 1 amide bonds. The van der Waals surface area contributed by atoms with Crippen molar-refractivity contribution in [3.05, 3.63) is 53.8 Å². The second-order valence-electron chi connectivity index (χ2n) is 5.99. The quantitative estimate of drug-likeness (QED) is 0.683. The number of ether oxygens (including phenoxy) is 3. The highest BCUT2D eigenvalue weighted by Gasteiger charge is 2.23. The number of carbonyl (C=O) groups is 2. The summed E-state index contributed by atoms with van der Waals surface area (Å²) in [5.41, 5.74) is 0.534. The molecule has 0 aliphatic carbocycles. The van der Waals surface area contributed by atoms with Crippen molar-refractivity contribution >= 4 is 11.9 Å². The van der Waals surface area contributed by atoms with Gasteiger partial charge in [0.05, 0.1) is 26.7 Å². The molecule has 0 fully saturated rings. The lowest BCUT2D eigenvalue weighted by Crippen LogP contribution is -2.39. The van der Waals surface area contributed by atoms with E-state index in [1.54, 1.807) is 18.2 Å². The van der Waals surface area contributed by atoms with E-state index >= 15 is 0 Å². The van der Waals surface area contributed by atoms with Gasteiger partial charge in [-0.15, -0.1) is 0 Å². The van der Waals surface area contributed by atoms with Crippen LogP contribution in [-0.2, 0) is 9.59 Å². The van der Waals surface area contributed by atoms with Crippen LogP contribution in [0.15, 0.2) is 42.5 Å². The lowest BCUT2D eigenvalue weighted by atomic mass is 10.0. The fraction of sp³-hybridized carbons (Fsp3) is 0.300. The van der Waals surface area contributed by atoms with Crippen molar-refractivity contribution < 1.29 is 33.3 Å². The lowest BCUT2D eigenvalue weighted by Gasteiger charge is -2.22. The normalized spacial score (nSPS) is 12.6. The van der Waals surface area contributed by atoms with Gasteiger partial charge in [0.2, 0.25) is 0 Å². The first-order valence-electron chi connectivity index (χ1n) is 8.50. The number of carbonyl (C=O) groups excluding carboxylic acids is 1. The zero-order valence-corrected chi connectivity index (χ0v) is 15.8. The third-order valence-corrected chi connectivity index (χ3v) is 3.98. The van der Waals surface area contributed by atoms with E-state index in [4.69, 9.17) is 14.2 Å². The Bertz CT molecular complexity index is 841. The first kappa shape index (κ1) is 21.0. The Hall–Kier alpha value is -3.29. The molecule has 150 valence electrons. The second-order valence-corrected chi connectivity index (χ2v) is 5.99. The monoisotopic (exact) mass is 391 g/mol. The largest absolute Gasteiger partial charge is 0.493 e. The molecule has 2 aromatic rings. The molecule has 2 unspecified atom stereocenters. The van der Waals surface area contributed by atoms with Crippen LogP contribution < -0.4 is 19.5 Å². The standard InChI is InChI=1S/C20H22FNO6/c1-12(28-15-6-4-5-14(21)10-15)20(25)22-16(11-19(23)24)13-7-8-17(26-2)18(9-13)27-3/h4-10,12,16H,11H2,1-3H3,(H,22,25)(H,23,24). The Morgan fingerprint density at radius 3 is 2.43 bits per heavy atom. The van der Waals surface area contributed by atoms with E-state index < -0.39 is 29.8 Å². The van der Waals surface area contributed by atoms with E-state index in [0.29, 0.717) is 17.1 Å². The van der Waals surface area contributed by atoms with Crippen molar-refractivity contribution in [2.45, 2.75) is 25.5 Å². The maximum absolute atomic E-state index is 13.3. The van der Waals surface area contributed by atoms with E-state index in [-0.39, 0.29) is 12.2 Å². The summed E-state index contributed by atoms with van der Waals surface area (Å²) in [4.78, 5) is 23.8. The number of hydrogen-bond acceptors (Lipinski definition) is 5. The van der Waals surface area contributed by atoms with Crippen molar-refractivity contribution in [3.8, 4) is 17.2 Å². The molecular weight excluding hydrogens is 369 g/mol. The summed E-state index contributed by atoms with van der Waals surface area (Å²) < 4.78 is 29.1. The molecule has 2 N–H and O–H groups in total. The van der Waals surface area contributed by atoms with Gasteiger partial charge in [0, 0.05) is 6.07 Å². The number of amides is 1. The average molecular weight is 391 g/mol. The molecule has 28 heavy (non-hydrogen) atoms. The molecule has 7 nitrogen and oxygen atoms in total. The van der Waals surface area contributed by atoms with Gasteiger partial charge in [-0.05, 0) is 36.8 Å². The van der Waals surface area contributed by atoms with Crippen LogP contribution in [0.4, 0.5) is 4.39 Å². The van der Waals surface area contributed by atoms with Crippen molar-refractivity contribution in [1.29, 1.82) is 0 Å². The van der Waals surface area contributed by atoms with Crippen molar-refractivity contribution in [2.24, 2.45) is 0 Å². The Morgan fingerprint density at radius 2 is 1.82 bits per heavy atom. The predicted molar refractivity (Wildman–Crippen MR) is 99.2 cm³/mol. The maximum Gasteiger partial charge on any atom is 0.305 e. The zero-order valence-electron chi connectivity index (χ0n) is 15.8.